The Bertz CT molecular complexity index is 400. The van der Waals surface area contributed by atoms with Crippen LogP contribution in [0.4, 0.5) is 0 Å². The molecule has 0 fully saturated rings. The van der Waals surface area contributed by atoms with Crippen molar-refractivity contribution in [3.63, 3.8) is 0 Å². The molecule has 0 aliphatic carbocycles. The predicted octanol–water partition coefficient (Wildman–Crippen LogP) is 6.67. The molecular formula is C23H43NO2. The fraction of sp³-hybridized carbons (Fsp3) is 0.609. The van der Waals surface area contributed by atoms with Gasteiger partial charge in [-0.2, -0.15) is 0 Å². The van der Waals surface area contributed by atoms with Crippen molar-refractivity contribution in [3.8, 4) is 0 Å². The van der Waals surface area contributed by atoms with Gasteiger partial charge in [-0.15, -0.1) is 0 Å². The van der Waals surface area contributed by atoms with Crippen molar-refractivity contribution in [3.05, 3.63) is 47.7 Å². The van der Waals surface area contributed by atoms with E-state index in [0.717, 1.165) is 17.2 Å². The summed E-state index contributed by atoms with van der Waals surface area (Å²) in [6, 6.07) is 9.96. The highest BCUT2D eigenvalue weighted by molar-refractivity contribution is 5.29. The van der Waals surface area contributed by atoms with E-state index in [-0.39, 0.29) is 6.61 Å². The number of aliphatic imine (C=N–C) groups is 1. The van der Waals surface area contributed by atoms with Gasteiger partial charge in [-0.05, 0) is 24.6 Å². The van der Waals surface area contributed by atoms with Crippen LogP contribution in [0.5, 0.6) is 0 Å². The van der Waals surface area contributed by atoms with E-state index >= 15 is 0 Å². The second-order valence-electron chi connectivity index (χ2n) is 5.53. The molecule has 26 heavy (non-hydrogen) atoms. The molecule has 1 aromatic rings. The molecule has 0 atom stereocenters. The van der Waals surface area contributed by atoms with Crippen LogP contribution in [0.3, 0.4) is 0 Å². The monoisotopic (exact) mass is 365 g/mol. The van der Waals surface area contributed by atoms with E-state index in [1.54, 1.807) is 0 Å². The molecule has 152 valence electrons. The van der Waals surface area contributed by atoms with Gasteiger partial charge in [-0.3, -0.25) is 4.99 Å². The Kier molecular flexibility index (Phi) is 29.1. The van der Waals surface area contributed by atoms with Crippen molar-refractivity contribution in [1.29, 1.82) is 0 Å². The second-order valence-corrected chi connectivity index (χ2v) is 5.53. The third kappa shape index (κ3) is 22.6. The third-order valence-electron chi connectivity index (χ3n) is 2.94. The lowest BCUT2D eigenvalue weighted by Gasteiger charge is -2.04. The normalized spacial score (nSPS) is 9.81. The third-order valence-corrected chi connectivity index (χ3v) is 2.94. The van der Waals surface area contributed by atoms with Crippen LogP contribution in [0.2, 0.25) is 0 Å². The van der Waals surface area contributed by atoms with Crippen LogP contribution in [0.25, 0.3) is 0 Å². The SMILES string of the molecule is C=N/C(=C\CCO)COCc1ccccc1.CC.CC.CCCC(C)C. The van der Waals surface area contributed by atoms with Crippen LogP contribution in [0.15, 0.2) is 47.1 Å². The lowest BCUT2D eigenvalue weighted by atomic mass is 10.1. The zero-order chi connectivity index (χ0) is 20.6. The van der Waals surface area contributed by atoms with Crippen LogP contribution in [0.1, 0.15) is 73.3 Å². The molecule has 0 spiro atoms. The van der Waals surface area contributed by atoms with Gasteiger partial charge in [0.2, 0.25) is 0 Å². The summed E-state index contributed by atoms with van der Waals surface area (Å²) in [5.74, 6) is 0.898. The molecule has 0 radical (unpaired) electrons. The zero-order valence-electron chi connectivity index (χ0n) is 18.3. The smallest absolute Gasteiger partial charge is 0.0888 e. The van der Waals surface area contributed by atoms with Gasteiger partial charge in [0.15, 0.2) is 0 Å². The topological polar surface area (TPSA) is 41.8 Å². The lowest BCUT2D eigenvalue weighted by molar-refractivity contribution is 0.141. The van der Waals surface area contributed by atoms with Crippen molar-refractivity contribution < 1.29 is 9.84 Å². The maximum Gasteiger partial charge on any atom is 0.0888 e. The minimum absolute atomic E-state index is 0.123. The molecule has 3 heteroatoms. The Morgan fingerprint density at radius 1 is 1.15 bits per heavy atom. The van der Waals surface area contributed by atoms with Gasteiger partial charge >= 0.3 is 0 Å². The van der Waals surface area contributed by atoms with Crippen LogP contribution < -0.4 is 0 Å². The van der Waals surface area contributed by atoms with E-state index in [1.165, 1.54) is 12.8 Å². The molecule has 1 N–H and O–H groups in total. The summed E-state index contributed by atoms with van der Waals surface area (Å²) in [5, 5.41) is 8.67. The molecule has 0 amide bonds. The largest absolute Gasteiger partial charge is 0.396 e. The number of benzene rings is 1. The van der Waals surface area contributed by atoms with Gasteiger partial charge in [0.05, 0.1) is 18.9 Å². The predicted molar refractivity (Wildman–Crippen MR) is 118 cm³/mol. The Morgan fingerprint density at radius 3 is 2.12 bits per heavy atom. The highest BCUT2D eigenvalue weighted by atomic mass is 16.5. The Balaban J connectivity index is -0.000000445. The summed E-state index contributed by atoms with van der Waals surface area (Å²) in [5.41, 5.74) is 1.90. The maximum atomic E-state index is 8.67. The summed E-state index contributed by atoms with van der Waals surface area (Å²) in [6.07, 6.45) is 5.12. The van der Waals surface area contributed by atoms with Crippen molar-refractivity contribution in [1.82, 2.24) is 0 Å². The first-order valence-corrected chi connectivity index (χ1v) is 10.0. The number of ether oxygens (including phenoxy) is 1. The number of nitrogens with zero attached hydrogens (tertiary/aromatic N) is 1. The fourth-order valence-corrected chi connectivity index (χ4v) is 1.83. The highest BCUT2D eigenvalue weighted by Gasteiger charge is 1.95. The molecule has 0 saturated heterocycles. The minimum Gasteiger partial charge on any atom is -0.396 e. The quantitative estimate of drug-likeness (QED) is 0.497. The Hall–Kier alpha value is -1.45. The first kappa shape index (κ1) is 29.3. The highest BCUT2D eigenvalue weighted by Crippen LogP contribution is 2.04. The molecular weight excluding hydrogens is 322 g/mol. The molecule has 0 aliphatic heterocycles. The first-order valence-electron chi connectivity index (χ1n) is 10.0. The van der Waals surface area contributed by atoms with Crippen molar-refractivity contribution in [2.24, 2.45) is 10.9 Å². The average molecular weight is 366 g/mol. The van der Waals surface area contributed by atoms with E-state index in [4.69, 9.17) is 9.84 Å². The van der Waals surface area contributed by atoms with Crippen molar-refractivity contribution in [2.45, 2.75) is 74.3 Å². The van der Waals surface area contributed by atoms with Crippen LogP contribution >= 0.6 is 0 Å². The van der Waals surface area contributed by atoms with Crippen molar-refractivity contribution in [2.75, 3.05) is 13.2 Å². The van der Waals surface area contributed by atoms with Gasteiger partial charge < -0.3 is 9.84 Å². The summed E-state index contributed by atoms with van der Waals surface area (Å²) >= 11 is 0. The molecule has 0 unspecified atom stereocenters. The summed E-state index contributed by atoms with van der Waals surface area (Å²) in [7, 11) is 0. The number of aliphatic hydroxyl groups excluding tert-OH is 1. The molecule has 0 saturated carbocycles. The van der Waals surface area contributed by atoms with E-state index in [9.17, 15) is 0 Å². The van der Waals surface area contributed by atoms with Crippen molar-refractivity contribution >= 4 is 6.72 Å². The van der Waals surface area contributed by atoms with Gasteiger partial charge in [-0.25, -0.2) is 0 Å². The molecule has 3 nitrogen and oxygen atoms in total. The maximum absolute atomic E-state index is 8.67. The fourth-order valence-electron chi connectivity index (χ4n) is 1.83. The van der Waals surface area contributed by atoms with E-state index < -0.39 is 0 Å². The molecule has 1 aromatic carbocycles. The average Bonchev–Trinajstić information content (AvgIpc) is 2.69. The molecule has 0 aliphatic rings. The summed E-state index contributed by atoms with van der Waals surface area (Å²) < 4.78 is 5.49. The summed E-state index contributed by atoms with van der Waals surface area (Å²) in [6.45, 7) is 19.3. The number of hydrogen-bond acceptors (Lipinski definition) is 3. The standard InChI is InChI=1S/C13H17NO2.C6H14.2C2H6/c1-14-13(8-5-9-15)11-16-10-12-6-3-2-4-7-12;1-4-5-6(2)3;2*1-2/h2-4,6-8,15H,1,5,9-11H2;6H,4-5H2,1-3H3;2*1-2H3/b13-8-;;;. The zero-order valence-corrected chi connectivity index (χ0v) is 18.3. The Morgan fingerprint density at radius 2 is 1.73 bits per heavy atom. The summed E-state index contributed by atoms with van der Waals surface area (Å²) in [4.78, 5) is 3.83. The van der Waals surface area contributed by atoms with Crippen LogP contribution in [0, 0.1) is 5.92 Å². The number of aliphatic hydroxyl groups is 1. The van der Waals surface area contributed by atoms with Crippen LogP contribution in [-0.4, -0.2) is 25.0 Å². The first-order chi connectivity index (χ1) is 12.6. The van der Waals surface area contributed by atoms with E-state index in [1.807, 2.05) is 64.1 Å². The minimum atomic E-state index is 0.123. The van der Waals surface area contributed by atoms with Gasteiger partial charge in [-0.1, -0.05) is 97.7 Å². The molecule has 0 bridgehead atoms. The number of rotatable bonds is 9. The van der Waals surface area contributed by atoms with E-state index in [2.05, 4.69) is 32.5 Å². The molecule has 0 aromatic heterocycles. The molecule has 1 rings (SSSR count). The van der Waals surface area contributed by atoms with E-state index in [0.29, 0.717) is 19.6 Å². The van der Waals surface area contributed by atoms with Gasteiger partial charge in [0.25, 0.3) is 0 Å². The Labute approximate surface area is 163 Å². The second kappa shape index (κ2) is 25.8. The van der Waals surface area contributed by atoms with Gasteiger partial charge in [0.1, 0.15) is 0 Å². The lowest BCUT2D eigenvalue weighted by Crippen LogP contribution is -1.97. The van der Waals surface area contributed by atoms with Crippen LogP contribution in [-0.2, 0) is 11.3 Å². The molecule has 0 heterocycles. The van der Waals surface area contributed by atoms with Gasteiger partial charge in [0, 0.05) is 6.61 Å². The number of hydrogen-bond donors (Lipinski definition) is 1.